The fourth-order valence-electron chi connectivity index (χ4n) is 1.50. The van der Waals surface area contributed by atoms with E-state index in [1.807, 2.05) is 20.1 Å². The molecule has 2 atom stereocenters. The number of oxime groups is 2. The highest BCUT2D eigenvalue weighted by molar-refractivity contribution is 9.10. The second kappa shape index (κ2) is 6.98. The van der Waals surface area contributed by atoms with Gasteiger partial charge in [0.2, 0.25) is 0 Å². The zero-order valence-corrected chi connectivity index (χ0v) is 18.1. The van der Waals surface area contributed by atoms with E-state index in [4.69, 9.17) is 9.68 Å². The van der Waals surface area contributed by atoms with Crippen LogP contribution in [0.25, 0.3) is 0 Å². The van der Waals surface area contributed by atoms with E-state index >= 15 is 0 Å². The molecule has 22 heavy (non-hydrogen) atoms. The molecule has 0 spiro atoms. The van der Waals surface area contributed by atoms with Crippen molar-refractivity contribution in [1.29, 1.82) is 0 Å². The lowest BCUT2D eigenvalue weighted by Gasteiger charge is -2.18. The Morgan fingerprint density at radius 3 is 1.68 bits per heavy atom. The number of rotatable bonds is 0. The zero-order valence-electron chi connectivity index (χ0n) is 13.3. The summed E-state index contributed by atoms with van der Waals surface area (Å²) in [5, 5.41) is 8.52. The summed E-state index contributed by atoms with van der Waals surface area (Å²) < 4.78 is 22.2. The Hall–Kier alpha value is 0.200. The van der Waals surface area contributed by atoms with E-state index in [2.05, 4.69) is 42.2 Å². The molecule has 0 aliphatic carbocycles. The van der Waals surface area contributed by atoms with Crippen LogP contribution in [0.2, 0.25) is 0 Å². The molecule has 0 fully saturated rings. The van der Waals surface area contributed by atoms with Crippen molar-refractivity contribution in [3.05, 3.63) is 0 Å². The van der Waals surface area contributed by atoms with Crippen molar-refractivity contribution in [2.24, 2.45) is 10.3 Å². The van der Waals surface area contributed by atoms with Crippen LogP contribution in [0.3, 0.4) is 0 Å². The molecule has 2 unspecified atom stereocenters. The lowest BCUT2D eigenvalue weighted by molar-refractivity contribution is 0.0162. The molecule has 6 nitrogen and oxygen atoms in total. The molecule has 0 radical (unpaired) electrons. The van der Waals surface area contributed by atoms with Crippen LogP contribution in [0.15, 0.2) is 10.3 Å². The van der Waals surface area contributed by atoms with Crippen molar-refractivity contribution in [2.45, 2.75) is 48.6 Å². The summed E-state index contributed by atoms with van der Waals surface area (Å²) in [6, 6.07) is 0. The predicted octanol–water partition coefficient (Wildman–Crippen LogP) is 3.15. The number of halogens is 2. The maximum atomic E-state index is 11.1. The van der Waals surface area contributed by atoms with Crippen molar-refractivity contribution in [3.8, 4) is 0 Å². The van der Waals surface area contributed by atoms with Gasteiger partial charge in [-0.15, -0.1) is 11.8 Å². The number of thioether (sulfide) groups is 1. The number of sulfone groups is 1. The van der Waals surface area contributed by atoms with Crippen molar-refractivity contribution in [1.82, 2.24) is 0 Å². The smallest absolute Gasteiger partial charge is 0.193 e. The monoisotopic (exact) mass is 478 g/mol. The Morgan fingerprint density at radius 2 is 1.50 bits per heavy atom. The number of nitrogens with zero attached hydrogens (tertiary/aromatic N) is 2. The maximum absolute atomic E-state index is 11.1. The first-order chi connectivity index (χ1) is 9.83. The Kier molecular flexibility index (Phi) is 6.42. The predicted molar refractivity (Wildman–Crippen MR) is 99.0 cm³/mol. The summed E-state index contributed by atoms with van der Waals surface area (Å²) in [6.45, 7) is 7.57. The standard InChI is InChI=1S/C6H10BrNO3S.C6H10BrNOS/c1-6(2)4(7)5(8-11-6)12(3,9)10;1-6(2)4(7)5(10-3)8-9-6/h4H,1-3H3;4H,1-3H3. The molecule has 128 valence electrons. The summed E-state index contributed by atoms with van der Waals surface area (Å²) in [4.78, 5) is 10.0. The first-order valence-corrected chi connectivity index (χ1v) is 11.3. The highest BCUT2D eigenvalue weighted by Crippen LogP contribution is 2.32. The molecule has 0 N–H and O–H groups in total. The molecule has 0 bridgehead atoms. The normalized spacial score (nSPS) is 28.7. The second-order valence-corrected chi connectivity index (χ2v) is 10.6. The van der Waals surface area contributed by atoms with Crippen LogP contribution in [0.1, 0.15) is 27.7 Å². The van der Waals surface area contributed by atoms with Crippen LogP contribution in [0.5, 0.6) is 0 Å². The van der Waals surface area contributed by atoms with Crippen molar-refractivity contribution >= 4 is 63.5 Å². The Balaban J connectivity index is 0.000000224. The average molecular weight is 480 g/mol. The van der Waals surface area contributed by atoms with Crippen LogP contribution in [0.4, 0.5) is 0 Å². The summed E-state index contributed by atoms with van der Waals surface area (Å²) in [5.41, 5.74) is -0.767. The van der Waals surface area contributed by atoms with Crippen molar-refractivity contribution in [3.63, 3.8) is 0 Å². The first kappa shape index (κ1) is 20.2. The third-order valence-corrected chi connectivity index (χ3v) is 8.46. The Bertz CT molecular complexity index is 588. The largest absolute Gasteiger partial charge is 0.387 e. The molecule has 2 rings (SSSR count). The maximum Gasteiger partial charge on any atom is 0.193 e. The molecule has 10 heteroatoms. The van der Waals surface area contributed by atoms with E-state index in [1.165, 1.54) is 0 Å². The fourth-order valence-corrected chi connectivity index (χ4v) is 4.85. The summed E-state index contributed by atoms with van der Waals surface area (Å²) in [7, 11) is -3.24. The third kappa shape index (κ3) is 4.61. The molecule has 2 heterocycles. The van der Waals surface area contributed by atoms with Gasteiger partial charge in [-0.2, -0.15) is 0 Å². The number of alkyl halides is 2. The van der Waals surface area contributed by atoms with Gasteiger partial charge in [-0.1, -0.05) is 42.2 Å². The molecule has 2 aliphatic heterocycles. The van der Waals surface area contributed by atoms with E-state index in [0.717, 1.165) is 11.3 Å². The molecule has 0 amide bonds. The Labute approximate surface area is 152 Å². The van der Waals surface area contributed by atoms with Crippen molar-refractivity contribution < 1.29 is 18.1 Å². The van der Waals surface area contributed by atoms with Gasteiger partial charge in [-0.3, -0.25) is 0 Å². The summed E-state index contributed by atoms with van der Waals surface area (Å²) >= 11 is 8.36. The second-order valence-electron chi connectivity index (χ2n) is 5.95. The van der Waals surface area contributed by atoms with Gasteiger partial charge in [-0.05, 0) is 34.0 Å². The zero-order chi connectivity index (χ0) is 17.3. The first-order valence-electron chi connectivity index (χ1n) is 6.37. The molecular weight excluding hydrogens is 460 g/mol. The van der Waals surface area contributed by atoms with Gasteiger partial charge in [-0.25, -0.2) is 8.42 Å². The molecule has 2 aliphatic rings. The van der Waals surface area contributed by atoms with Crippen LogP contribution >= 0.6 is 43.6 Å². The highest BCUT2D eigenvalue weighted by atomic mass is 79.9. The van der Waals surface area contributed by atoms with Gasteiger partial charge in [0, 0.05) is 6.26 Å². The van der Waals surface area contributed by atoms with Crippen molar-refractivity contribution in [2.75, 3.05) is 12.5 Å². The minimum Gasteiger partial charge on any atom is -0.387 e. The van der Waals surface area contributed by atoms with E-state index in [0.29, 0.717) is 0 Å². The third-order valence-electron chi connectivity index (χ3n) is 2.99. The Morgan fingerprint density at radius 1 is 1.05 bits per heavy atom. The van der Waals surface area contributed by atoms with Gasteiger partial charge in [0.1, 0.15) is 14.7 Å². The lowest BCUT2D eigenvalue weighted by atomic mass is 10.1. The van der Waals surface area contributed by atoms with Gasteiger partial charge in [0.25, 0.3) is 0 Å². The quantitative estimate of drug-likeness (QED) is 0.498. The minimum atomic E-state index is -3.24. The number of hydrogen-bond donors (Lipinski definition) is 0. The van der Waals surface area contributed by atoms with Crippen LogP contribution < -0.4 is 0 Å². The molecule has 0 aromatic carbocycles. The fraction of sp³-hybridized carbons (Fsp3) is 0.833. The summed E-state index contributed by atoms with van der Waals surface area (Å²) in [5.74, 6) is 0. The topological polar surface area (TPSA) is 77.3 Å². The lowest BCUT2D eigenvalue weighted by Crippen LogP contribution is -2.35. The minimum absolute atomic E-state index is 0.0625. The van der Waals surface area contributed by atoms with Gasteiger partial charge in [0.15, 0.2) is 26.1 Å². The van der Waals surface area contributed by atoms with E-state index < -0.39 is 15.4 Å². The van der Waals surface area contributed by atoms with Crippen LogP contribution in [-0.2, 0) is 19.5 Å². The molecular formula is C12H20Br2N2O4S2. The van der Waals surface area contributed by atoms with Crippen LogP contribution in [-0.4, -0.2) is 51.9 Å². The van der Waals surface area contributed by atoms with Gasteiger partial charge < -0.3 is 9.68 Å². The van der Waals surface area contributed by atoms with Gasteiger partial charge in [0.05, 0.1) is 0 Å². The van der Waals surface area contributed by atoms with E-state index in [9.17, 15) is 8.42 Å². The van der Waals surface area contributed by atoms with Crippen LogP contribution in [0, 0.1) is 0 Å². The highest BCUT2D eigenvalue weighted by Gasteiger charge is 2.43. The SMILES string of the molecule is CC1(C)ON=C(S(C)(=O)=O)C1Br.CSC1=NOC(C)(C)C1Br. The molecule has 0 aromatic rings. The van der Waals surface area contributed by atoms with E-state index in [-0.39, 0.29) is 20.3 Å². The van der Waals surface area contributed by atoms with E-state index in [1.54, 1.807) is 25.6 Å². The summed E-state index contributed by atoms with van der Waals surface area (Å²) in [6.07, 6.45) is 3.11. The van der Waals surface area contributed by atoms with Gasteiger partial charge >= 0.3 is 0 Å². The number of hydrogen-bond acceptors (Lipinski definition) is 7. The molecule has 0 saturated heterocycles. The molecule has 0 aromatic heterocycles. The average Bonchev–Trinajstić information content (AvgIpc) is 2.78. The molecule has 0 saturated carbocycles.